The van der Waals surface area contributed by atoms with Crippen LogP contribution in [0.4, 0.5) is 20.4 Å². The van der Waals surface area contributed by atoms with Crippen molar-refractivity contribution in [3.63, 3.8) is 0 Å². The lowest BCUT2D eigenvalue weighted by molar-refractivity contribution is -0.122. The van der Waals surface area contributed by atoms with Gasteiger partial charge in [0.05, 0.1) is 18.4 Å². The number of amides is 1. The smallest absolute Gasteiger partial charge is 0.338 e. The highest BCUT2D eigenvalue weighted by molar-refractivity contribution is 5.95. The molecule has 0 aromatic carbocycles. The van der Waals surface area contributed by atoms with Gasteiger partial charge in [0.2, 0.25) is 12.3 Å². The molecule has 3 heterocycles. The van der Waals surface area contributed by atoms with Gasteiger partial charge < -0.3 is 20.3 Å². The minimum Gasteiger partial charge on any atom is -0.465 e. The number of aromatic nitrogens is 2. The first-order valence-electron chi connectivity index (χ1n) is 11.5. The number of hydrogen-bond donors (Lipinski definition) is 2. The third-order valence-electron chi connectivity index (χ3n) is 6.49. The lowest BCUT2D eigenvalue weighted by Gasteiger charge is -2.29. The predicted molar refractivity (Wildman–Crippen MR) is 124 cm³/mol. The Morgan fingerprint density at radius 1 is 1.24 bits per heavy atom. The van der Waals surface area contributed by atoms with Crippen LogP contribution in [0.1, 0.15) is 48.0 Å². The molecule has 8 nitrogen and oxygen atoms in total. The molecule has 10 heteroatoms. The summed E-state index contributed by atoms with van der Waals surface area (Å²) in [7, 11) is 1.29. The van der Waals surface area contributed by atoms with Gasteiger partial charge in [-0.25, -0.2) is 23.5 Å². The van der Waals surface area contributed by atoms with Crippen LogP contribution in [0.5, 0.6) is 0 Å². The van der Waals surface area contributed by atoms with E-state index in [1.807, 2.05) is 4.90 Å². The third-order valence-corrected chi connectivity index (χ3v) is 6.49. The van der Waals surface area contributed by atoms with Gasteiger partial charge in [-0.15, -0.1) is 0 Å². The van der Waals surface area contributed by atoms with Crippen molar-refractivity contribution in [3.05, 3.63) is 35.5 Å². The molecule has 0 spiro atoms. The Bertz CT molecular complexity index is 1050. The normalized spacial score (nSPS) is 17.3. The Labute approximate surface area is 197 Å². The van der Waals surface area contributed by atoms with Gasteiger partial charge in [-0.1, -0.05) is 13.3 Å². The van der Waals surface area contributed by atoms with Crippen LogP contribution in [0.2, 0.25) is 0 Å². The van der Waals surface area contributed by atoms with E-state index in [9.17, 15) is 18.4 Å². The summed E-state index contributed by atoms with van der Waals surface area (Å²) in [6, 6.07) is 4.78. The van der Waals surface area contributed by atoms with Crippen LogP contribution in [0.3, 0.4) is 0 Å². The van der Waals surface area contributed by atoms with Gasteiger partial charge in [-0.3, -0.25) is 4.79 Å². The second-order valence-electron chi connectivity index (χ2n) is 8.69. The van der Waals surface area contributed by atoms with Crippen molar-refractivity contribution >= 4 is 23.5 Å². The molecule has 182 valence electrons. The van der Waals surface area contributed by atoms with Crippen LogP contribution in [-0.2, 0) is 9.53 Å². The Morgan fingerprint density at radius 2 is 1.97 bits per heavy atom. The molecule has 1 amide bonds. The molecule has 2 aliphatic rings. The van der Waals surface area contributed by atoms with E-state index in [4.69, 9.17) is 9.72 Å². The van der Waals surface area contributed by atoms with Gasteiger partial charge in [0.25, 0.3) is 0 Å². The lowest BCUT2D eigenvalue weighted by atomic mass is 9.84. The highest BCUT2D eigenvalue weighted by Crippen LogP contribution is 2.38. The average Bonchev–Trinajstić information content (AvgIpc) is 2.82. The maximum Gasteiger partial charge on any atom is 0.338 e. The number of nitrogens with zero attached hydrogens (tertiary/aromatic N) is 3. The monoisotopic (exact) mass is 473 g/mol. The van der Waals surface area contributed by atoms with E-state index >= 15 is 0 Å². The Balaban J connectivity index is 1.82. The summed E-state index contributed by atoms with van der Waals surface area (Å²) >= 11 is 0. The number of methoxy groups -OCH3 is 1. The molecular weight excluding hydrogens is 444 g/mol. The molecule has 1 unspecified atom stereocenters. The number of rotatable bonds is 7. The fourth-order valence-electron chi connectivity index (χ4n) is 4.22. The second-order valence-corrected chi connectivity index (χ2v) is 8.69. The van der Waals surface area contributed by atoms with Crippen molar-refractivity contribution in [2.24, 2.45) is 5.92 Å². The van der Waals surface area contributed by atoms with Gasteiger partial charge in [0.15, 0.2) is 0 Å². The van der Waals surface area contributed by atoms with Gasteiger partial charge in [-0.05, 0) is 31.0 Å². The van der Waals surface area contributed by atoms with Crippen LogP contribution in [0.25, 0.3) is 11.3 Å². The molecule has 1 aliphatic carbocycles. The molecule has 4 rings (SSSR count). The number of pyridine rings is 2. The first-order valence-corrected chi connectivity index (χ1v) is 11.5. The highest BCUT2D eigenvalue weighted by Gasteiger charge is 2.30. The van der Waals surface area contributed by atoms with Gasteiger partial charge >= 0.3 is 5.97 Å². The van der Waals surface area contributed by atoms with E-state index in [1.165, 1.54) is 26.3 Å². The summed E-state index contributed by atoms with van der Waals surface area (Å²) in [4.78, 5) is 36.0. The molecule has 1 saturated carbocycles. The van der Waals surface area contributed by atoms with Crippen molar-refractivity contribution in [2.75, 3.05) is 43.5 Å². The Kier molecular flexibility index (Phi) is 7.35. The molecule has 2 aromatic heterocycles. The molecule has 1 aliphatic heterocycles. The summed E-state index contributed by atoms with van der Waals surface area (Å²) in [5.41, 5.74) is 1.22. The minimum absolute atomic E-state index is 0.108. The van der Waals surface area contributed by atoms with Crippen molar-refractivity contribution in [1.29, 1.82) is 0 Å². The number of esters is 1. The van der Waals surface area contributed by atoms with E-state index in [-0.39, 0.29) is 28.8 Å². The maximum absolute atomic E-state index is 13.9. The predicted octanol–water partition coefficient (Wildman–Crippen LogP) is 3.45. The SMILES string of the molecule is COC(=O)c1cc(-c2ccnc(NC(=O)C3CCC3)c2C(C)C(F)F)nc(N2CCNCC2)c1. The molecule has 2 aromatic rings. The molecular formula is C24H29F2N5O3. The van der Waals surface area contributed by atoms with E-state index in [0.717, 1.165) is 32.4 Å². The number of piperazine rings is 1. The number of halogens is 2. The zero-order valence-electron chi connectivity index (χ0n) is 19.3. The van der Waals surface area contributed by atoms with Crippen LogP contribution in [0, 0.1) is 5.92 Å². The first kappa shape index (κ1) is 24.0. The van der Waals surface area contributed by atoms with Crippen LogP contribution in [0.15, 0.2) is 24.4 Å². The number of ether oxygens (including phenoxy) is 1. The molecule has 1 atom stereocenters. The lowest BCUT2D eigenvalue weighted by Crippen LogP contribution is -2.44. The van der Waals surface area contributed by atoms with Crippen molar-refractivity contribution in [2.45, 2.75) is 38.5 Å². The van der Waals surface area contributed by atoms with Crippen molar-refractivity contribution in [1.82, 2.24) is 15.3 Å². The van der Waals surface area contributed by atoms with E-state index in [2.05, 4.69) is 15.6 Å². The van der Waals surface area contributed by atoms with Crippen LogP contribution >= 0.6 is 0 Å². The molecule has 0 bridgehead atoms. The Hall–Kier alpha value is -3.14. The van der Waals surface area contributed by atoms with Crippen molar-refractivity contribution < 1.29 is 23.1 Å². The summed E-state index contributed by atoms with van der Waals surface area (Å²) in [6.45, 7) is 4.30. The Morgan fingerprint density at radius 3 is 2.59 bits per heavy atom. The average molecular weight is 474 g/mol. The molecule has 2 N–H and O–H groups in total. The quantitative estimate of drug-likeness (QED) is 0.595. The first-order chi connectivity index (χ1) is 16.4. The number of anilines is 2. The molecule has 34 heavy (non-hydrogen) atoms. The summed E-state index contributed by atoms with van der Waals surface area (Å²) in [5.74, 6) is -1.43. The number of alkyl halides is 2. The minimum atomic E-state index is -2.68. The zero-order valence-corrected chi connectivity index (χ0v) is 19.3. The summed E-state index contributed by atoms with van der Waals surface area (Å²) in [6.07, 6.45) is 1.32. The van der Waals surface area contributed by atoms with E-state index in [1.54, 1.807) is 12.1 Å². The topological polar surface area (TPSA) is 96.4 Å². The van der Waals surface area contributed by atoms with Crippen molar-refractivity contribution in [3.8, 4) is 11.3 Å². The zero-order chi connectivity index (χ0) is 24.2. The number of carbonyl (C=O) groups is 2. The fraction of sp³-hybridized carbons (Fsp3) is 0.500. The summed E-state index contributed by atoms with van der Waals surface area (Å²) < 4.78 is 32.8. The number of carbonyl (C=O) groups excluding carboxylic acids is 2. The summed E-state index contributed by atoms with van der Waals surface area (Å²) in [5, 5.41) is 6.03. The van der Waals surface area contributed by atoms with Crippen LogP contribution < -0.4 is 15.5 Å². The van der Waals surface area contributed by atoms with E-state index < -0.39 is 18.3 Å². The molecule has 1 saturated heterocycles. The van der Waals surface area contributed by atoms with Crippen LogP contribution in [-0.4, -0.2) is 61.6 Å². The second kappa shape index (κ2) is 10.4. The standard InChI is InChI=1S/C24H29F2N5O3/c1-14(21(25)26)20-17(6-7-28-22(20)30-23(32)15-4-3-5-15)18-12-16(24(33)34-2)13-19(29-18)31-10-8-27-9-11-31/h6-7,12-15,21,27H,3-5,8-11H2,1-2H3,(H,28,30,32). The number of hydrogen-bond acceptors (Lipinski definition) is 7. The van der Waals surface area contributed by atoms with Gasteiger partial charge in [0.1, 0.15) is 11.6 Å². The van der Waals surface area contributed by atoms with Gasteiger partial charge in [0, 0.05) is 55.3 Å². The number of nitrogens with one attached hydrogen (secondary N) is 2. The molecule has 0 radical (unpaired) electrons. The largest absolute Gasteiger partial charge is 0.465 e. The van der Waals surface area contributed by atoms with E-state index in [0.29, 0.717) is 30.2 Å². The fourth-order valence-corrected chi connectivity index (χ4v) is 4.22. The third kappa shape index (κ3) is 5.01. The highest BCUT2D eigenvalue weighted by atomic mass is 19.3. The molecule has 2 fully saturated rings. The van der Waals surface area contributed by atoms with Gasteiger partial charge in [-0.2, -0.15) is 0 Å². The maximum atomic E-state index is 13.9.